The number of imide groups is 1. The van der Waals surface area contributed by atoms with Gasteiger partial charge < -0.3 is 15.0 Å². The first-order valence-corrected chi connectivity index (χ1v) is 15.3. The van der Waals surface area contributed by atoms with Crippen molar-refractivity contribution in [3.05, 3.63) is 102 Å². The van der Waals surface area contributed by atoms with Crippen LogP contribution in [0.2, 0.25) is 10.0 Å². The molecule has 2 N–H and O–H groups in total. The van der Waals surface area contributed by atoms with Crippen molar-refractivity contribution in [1.29, 1.82) is 0 Å². The number of alkyl halides is 3. The van der Waals surface area contributed by atoms with Gasteiger partial charge in [0.15, 0.2) is 6.61 Å². The smallest absolute Gasteiger partial charge is 0.418 e. The molecule has 0 saturated carbocycles. The van der Waals surface area contributed by atoms with Crippen LogP contribution in [0.4, 0.5) is 24.5 Å². The minimum absolute atomic E-state index is 0.273. The molecule has 4 aromatic rings. The van der Waals surface area contributed by atoms with Crippen molar-refractivity contribution in [2.75, 3.05) is 16.8 Å². The van der Waals surface area contributed by atoms with Gasteiger partial charge in [-0.05, 0) is 48.0 Å². The summed E-state index contributed by atoms with van der Waals surface area (Å²) in [5, 5.41) is 2.57. The summed E-state index contributed by atoms with van der Waals surface area (Å²) in [6.45, 7) is -0.339. The first-order chi connectivity index (χ1) is 20.9. The lowest BCUT2D eigenvalue weighted by molar-refractivity contribution is -0.137. The van der Waals surface area contributed by atoms with E-state index in [1.807, 2.05) is 0 Å². The molecule has 3 aromatic carbocycles. The van der Waals surface area contributed by atoms with Crippen molar-refractivity contribution in [3.8, 4) is 5.75 Å². The third kappa shape index (κ3) is 5.60. The molecule has 0 radical (unpaired) electrons. The summed E-state index contributed by atoms with van der Waals surface area (Å²) in [6, 6.07) is 15.4. The lowest BCUT2D eigenvalue weighted by Crippen LogP contribution is -2.33. The quantitative estimate of drug-likeness (QED) is 0.223. The van der Waals surface area contributed by atoms with Crippen LogP contribution in [-0.4, -0.2) is 34.6 Å². The number of halogens is 5. The first-order valence-electron chi connectivity index (χ1n) is 12.8. The summed E-state index contributed by atoms with van der Waals surface area (Å²) in [6.07, 6.45) is -4.80. The van der Waals surface area contributed by atoms with E-state index in [1.54, 1.807) is 30.3 Å². The van der Waals surface area contributed by atoms with Crippen LogP contribution in [0.3, 0.4) is 0 Å². The number of para-hydroxylation sites is 1. The number of anilines is 2. The zero-order valence-corrected chi connectivity index (χ0v) is 25.1. The van der Waals surface area contributed by atoms with Crippen molar-refractivity contribution in [2.24, 2.45) is 5.92 Å². The number of ether oxygens (including phenoxy) is 1. The van der Waals surface area contributed by atoms with Crippen LogP contribution in [0.25, 0.3) is 0 Å². The minimum Gasteiger partial charge on any atom is -0.484 e. The highest BCUT2D eigenvalue weighted by Gasteiger charge is 2.57. The zero-order valence-electron chi connectivity index (χ0n) is 22.0. The van der Waals surface area contributed by atoms with E-state index in [4.69, 9.17) is 27.9 Å². The summed E-state index contributed by atoms with van der Waals surface area (Å²) < 4.78 is 47.1. The van der Waals surface area contributed by atoms with Gasteiger partial charge in [0.05, 0.1) is 32.2 Å². The number of aromatic nitrogens is 1. The van der Waals surface area contributed by atoms with E-state index in [-0.39, 0.29) is 16.5 Å². The number of hydrogen-bond donors (Lipinski definition) is 2. The lowest BCUT2D eigenvalue weighted by atomic mass is 9.83. The van der Waals surface area contributed by atoms with Gasteiger partial charge in [0.2, 0.25) is 11.8 Å². The molecule has 3 heterocycles. The molecular weight excluding hydrogens is 662 g/mol. The highest BCUT2D eigenvalue weighted by atomic mass is 35.5. The number of nitrogens with one attached hydrogen (secondary N) is 2. The van der Waals surface area contributed by atoms with E-state index in [0.717, 1.165) is 35.2 Å². The largest absolute Gasteiger partial charge is 0.484 e. The maximum Gasteiger partial charge on any atom is 0.418 e. The second-order valence-electron chi connectivity index (χ2n) is 9.81. The maximum atomic E-state index is 13.8. The number of carbonyl (C=O) groups excluding carboxylic acids is 3. The van der Waals surface area contributed by atoms with Gasteiger partial charge >= 0.3 is 11.0 Å². The summed E-state index contributed by atoms with van der Waals surface area (Å²) in [4.78, 5) is 55.4. The molecular formula is C29H18Cl2F3N3O5S2. The van der Waals surface area contributed by atoms with Crippen molar-refractivity contribution >= 4 is 75.4 Å². The fourth-order valence-corrected chi connectivity index (χ4v) is 8.03. The molecule has 3 atom stereocenters. The molecule has 2 aliphatic heterocycles. The molecule has 1 saturated heterocycles. The van der Waals surface area contributed by atoms with Crippen LogP contribution in [0.5, 0.6) is 5.75 Å². The standard InChI is InChI=1S/C29H18Cl2F3N3O5S2/c30-17-10-7-14(11-18(17)31)35-20(38)12-42-15-8-5-13(6-9-15)21-22-24(43-25-23(21)44-28(41)36-25)27(40)37(26(22)39)19-4-2-1-3-16(19)29(32,33)34/h1-11,21-22,24H,12H2,(H,35,38)(H,36,41)/t21-,22?,24?/m1/s1. The number of nitrogens with zero attached hydrogens (tertiary/aromatic N) is 1. The van der Waals surface area contributed by atoms with E-state index in [2.05, 4.69) is 10.3 Å². The van der Waals surface area contributed by atoms with Crippen LogP contribution in [-0.2, 0) is 20.6 Å². The molecule has 3 amide bonds. The van der Waals surface area contributed by atoms with Crippen LogP contribution in [0, 0.1) is 5.92 Å². The van der Waals surface area contributed by atoms with Crippen molar-refractivity contribution < 1.29 is 32.3 Å². The van der Waals surface area contributed by atoms with E-state index in [1.165, 1.54) is 24.3 Å². The highest BCUT2D eigenvalue weighted by molar-refractivity contribution is 8.00. The minimum atomic E-state index is -4.80. The molecule has 44 heavy (non-hydrogen) atoms. The normalized spacial score (nSPS) is 19.5. The number of rotatable bonds is 6. The Bertz CT molecular complexity index is 1860. The number of fused-ring (bicyclic) bond motifs is 2. The van der Waals surface area contributed by atoms with Crippen LogP contribution in [0.1, 0.15) is 21.9 Å². The fourth-order valence-electron chi connectivity index (χ4n) is 5.21. The van der Waals surface area contributed by atoms with Gasteiger partial charge in [-0.15, -0.1) is 0 Å². The Morgan fingerprint density at radius 3 is 2.41 bits per heavy atom. The summed E-state index contributed by atoms with van der Waals surface area (Å²) >= 11 is 13.7. The van der Waals surface area contributed by atoms with Gasteiger partial charge in [-0.3, -0.25) is 19.2 Å². The molecule has 0 aliphatic carbocycles. The predicted octanol–water partition coefficient (Wildman–Crippen LogP) is 6.58. The molecule has 1 fully saturated rings. The second-order valence-corrected chi connectivity index (χ2v) is 12.8. The molecule has 2 aliphatic rings. The van der Waals surface area contributed by atoms with E-state index >= 15 is 0 Å². The van der Waals surface area contributed by atoms with Gasteiger partial charge in [0.25, 0.3) is 5.91 Å². The molecule has 0 bridgehead atoms. The molecule has 2 unspecified atom stereocenters. The van der Waals surface area contributed by atoms with Gasteiger partial charge in [-0.2, -0.15) is 13.2 Å². The second kappa shape index (κ2) is 11.6. The predicted molar refractivity (Wildman–Crippen MR) is 161 cm³/mol. The highest BCUT2D eigenvalue weighted by Crippen LogP contribution is 2.54. The Hall–Kier alpha value is -3.78. The van der Waals surface area contributed by atoms with Crippen molar-refractivity contribution in [1.82, 2.24) is 4.98 Å². The number of carbonyl (C=O) groups is 3. The van der Waals surface area contributed by atoms with Crippen molar-refractivity contribution in [3.63, 3.8) is 0 Å². The Kier molecular flexibility index (Phi) is 7.99. The van der Waals surface area contributed by atoms with E-state index < -0.39 is 52.2 Å². The topological polar surface area (TPSA) is 109 Å². The summed E-state index contributed by atoms with van der Waals surface area (Å²) in [7, 11) is 0. The Balaban J connectivity index is 1.26. The Morgan fingerprint density at radius 2 is 1.70 bits per heavy atom. The van der Waals surface area contributed by atoms with Crippen LogP contribution in [0.15, 0.2) is 76.6 Å². The van der Waals surface area contributed by atoms with Crippen molar-refractivity contribution in [2.45, 2.75) is 22.4 Å². The average molecular weight is 681 g/mol. The monoisotopic (exact) mass is 679 g/mol. The van der Waals surface area contributed by atoms with Crippen LogP contribution >= 0.6 is 46.3 Å². The van der Waals surface area contributed by atoms with E-state index in [0.29, 0.717) is 36.8 Å². The number of amides is 3. The molecule has 8 nitrogen and oxygen atoms in total. The third-order valence-electron chi connectivity index (χ3n) is 7.09. The Labute approximate surface area is 265 Å². The average Bonchev–Trinajstić information content (AvgIpc) is 3.47. The maximum absolute atomic E-state index is 13.8. The fraction of sp³-hybridized carbons (Fsp3) is 0.172. The molecule has 0 spiro atoms. The van der Waals surface area contributed by atoms with Gasteiger partial charge in [-0.25, -0.2) is 4.90 Å². The number of benzene rings is 3. The number of thioether (sulfide) groups is 1. The zero-order chi connectivity index (χ0) is 31.3. The van der Waals surface area contributed by atoms with E-state index in [9.17, 15) is 32.3 Å². The first kappa shape index (κ1) is 30.3. The third-order valence-corrected chi connectivity index (χ3v) is 10.2. The lowest BCUT2D eigenvalue weighted by Gasteiger charge is -2.29. The van der Waals surface area contributed by atoms with Crippen LogP contribution < -0.4 is 19.8 Å². The number of aromatic amines is 1. The molecule has 6 rings (SSSR count). The van der Waals surface area contributed by atoms with Gasteiger partial charge in [0.1, 0.15) is 11.0 Å². The number of H-pyrrole nitrogens is 1. The molecule has 15 heteroatoms. The number of hydrogen-bond acceptors (Lipinski definition) is 7. The Morgan fingerprint density at radius 1 is 0.977 bits per heavy atom. The van der Waals surface area contributed by atoms with Gasteiger partial charge in [0, 0.05) is 16.5 Å². The molecule has 226 valence electrons. The summed E-state index contributed by atoms with van der Waals surface area (Å²) in [5.41, 5.74) is -0.674. The molecule has 1 aromatic heterocycles. The van der Waals surface area contributed by atoms with Gasteiger partial charge in [-0.1, -0.05) is 70.6 Å². The number of thiazole rings is 1. The SMILES string of the molecule is O=C(COc1ccc([C@H]2c3sc(=O)[nH]c3SC3C(=O)N(c4ccccc4C(F)(F)F)C(=O)C32)cc1)Nc1ccc(Cl)c(Cl)c1. The summed E-state index contributed by atoms with van der Waals surface area (Å²) in [5.74, 6) is -3.60.